The van der Waals surface area contributed by atoms with Gasteiger partial charge in [0.15, 0.2) is 0 Å². The average molecular weight is 371 g/mol. The Morgan fingerprint density at radius 2 is 1.96 bits per heavy atom. The molecule has 2 amide bonds. The molecule has 0 radical (unpaired) electrons. The predicted molar refractivity (Wildman–Crippen MR) is 107 cm³/mol. The van der Waals surface area contributed by atoms with E-state index in [9.17, 15) is 9.59 Å². The van der Waals surface area contributed by atoms with E-state index in [0.29, 0.717) is 28.0 Å². The molecule has 1 atom stereocenters. The predicted octanol–water partition coefficient (Wildman–Crippen LogP) is 4.74. The largest absolute Gasteiger partial charge is 0.365 e. The first kappa shape index (κ1) is 18.6. The fourth-order valence-electron chi connectivity index (χ4n) is 3.55. The van der Waals surface area contributed by atoms with Gasteiger partial charge in [-0.05, 0) is 54.4 Å². The first-order valence-electron chi connectivity index (χ1n) is 9.26. The van der Waals surface area contributed by atoms with E-state index in [2.05, 4.69) is 26.1 Å². The quantitative estimate of drug-likeness (QED) is 0.798. The molecule has 0 saturated carbocycles. The highest BCUT2D eigenvalue weighted by molar-refractivity contribution is 7.17. The summed E-state index contributed by atoms with van der Waals surface area (Å²) < 4.78 is 0. The number of nitrogens with two attached hydrogens (primary N) is 1. The minimum absolute atomic E-state index is 0.201. The molecule has 138 valence electrons. The lowest BCUT2D eigenvalue weighted by molar-refractivity contribution is 0.1000. The number of hydrogen-bond acceptors (Lipinski definition) is 3. The van der Waals surface area contributed by atoms with E-state index >= 15 is 0 Å². The van der Waals surface area contributed by atoms with E-state index in [1.807, 2.05) is 24.3 Å². The van der Waals surface area contributed by atoms with Crippen molar-refractivity contribution in [2.24, 2.45) is 11.7 Å². The van der Waals surface area contributed by atoms with Crippen LogP contribution in [0.4, 0.5) is 5.00 Å². The molecule has 5 heteroatoms. The highest BCUT2D eigenvalue weighted by atomic mass is 32.1. The van der Waals surface area contributed by atoms with Crippen LogP contribution in [0.5, 0.6) is 0 Å². The van der Waals surface area contributed by atoms with Gasteiger partial charge < -0.3 is 11.1 Å². The highest BCUT2D eigenvalue weighted by Crippen LogP contribution is 2.40. The number of carbonyl (C=O) groups is 2. The zero-order valence-electron chi connectivity index (χ0n) is 15.6. The molecule has 0 fully saturated rings. The van der Waals surface area contributed by atoms with Gasteiger partial charge in [0.2, 0.25) is 0 Å². The van der Waals surface area contributed by atoms with Gasteiger partial charge in [-0.3, -0.25) is 9.59 Å². The fourth-order valence-corrected chi connectivity index (χ4v) is 4.91. The molecule has 4 nitrogen and oxygen atoms in total. The summed E-state index contributed by atoms with van der Waals surface area (Å²) in [5.41, 5.74) is 8.96. The van der Waals surface area contributed by atoms with Crippen LogP contribution in [-0.2, 0) is 12.8 Å². The van der Waals surface area contributed by atoms with Crippen molar-refractivity contribution in [1.82, 2.24) is 0 Å². The zero-order valence-corrected chi connectivity index (χ0v) is 16.4. The molecular formula is C21H26N2O2S. The van der Waals surface area contributed by atoms with E-state index in [-0.39, 0.29) is 5.91 Å². The number of benzene rings is 1. The van der Waals surface area contributed by atoms with E-state index in [1.165, 1.54) is 21.8 Å². The smallest absolute Gasteiger partial charge is 0.256 e. The monoisotopic (exact) mass is 370 g/mol. The van der Waals surface area contributed by atoms with Crippen LogP contribution in [0.3, 0.4) is 0 Å². The molecule has 1 aliphatic carbocycles. The van der Waals surface area contributed by atoms with Crippen molar-refractivity contribution in [2.75, 3.05) is 5.32 Å². The Balaban J connectivity index is 1.86. The third-order valence-electron chi connectivity index (χ3n) is 5.26. The van der Waals surface area contributed by atoms with Crippen molar-refractivity contribution in [2.45, 2.75) is 52.4 Å². The summed E-state index contributed by atoms with van der Waals surface area (Å²) in [6.45, 7) is 6.43. The molecule has 1 aliphatic rings. The topological polar surface area (TPSA) is 72.2 Å². The Morgan fingerprint density at radius 3 is 2.54 bits per heavy atom. The summed E-state index contributed by atoms with van der Waals surface area (Å²) in [5.74, 6) is 0.412. The van der Waals surface area contributed by atoms with Crippen LogP contribution in [0.15, 0.2) is 24.3 Å². The van der Waals surface area contributed by atoms with Gasteiger partial charge in [0, 0.05) is 10.4 Å². The molecule has 3 rings (SSSR count). The van der Waals surface area contributed by atoms with Crippen molar-refractivity contribution in [3.63, 3.8) is 0 Å². The maximum Gasteiger partial charge on any atom is 0.256 e. The average Bonchev–Trinajstić information content (AvgIpc) is 2.98. The normalized spacial score (nSPS) is 16.4. The molecule has 26 heavy (non-hydrogen) atoms. The van der Waals surface area contributed by atoms with Crippen molar-refractivity contribution < 1.29 is 9.59 Å². The number of anilines is 1. The number of hydrogen-bond donors (Lipinski definition) is 2. The van der Waals surface area contributed by atoms with E-state index in [0.717, 1.165) is 31.2 Å². The lowest BCUT2D eigenvalue weighted by Crippen LogP contribution is -2.19. The van der Waals surface area contributed by atoms with Gasteiger partial charge in [-0.2, -0.15) is 0 Å². The summed E-state index contributed by atoms with van der Waals surface area (Å²) in [5, 5.41) is 3.52. The maximum atomic E-state index is 12.6. The molecule has 3 N–H and O–H groups in total. The molecule has 2 aromatic rings. The summed E-state index contributed by atoms with van der Waals surface area (Å²) in [7, 11) is 0. The van der Waals surface area contributed by atoms with Crippen LogP contribution in [0, 0.1) is 5.92 Å². The molecule has 0 saturated heterocycles. The second kappa shape index (κ2) is 7.62. The number of primary amides is 1. The number of fused-ring (bicyclic) bond motifs is 1. The minimum Gasteiger partial charge on any atom is -0.365 e. The Labute approximate surface area is 158 Å². The molecule has 1 aromatic carbocycles. The van der Waals surface area contributed by atoms with Gasteiger partial charge in [0.25, 0.3) is 11.8 Å². The van der Waals surface area contributed by atoms with Crippen LogP contribution in [0.2, 0.25) is 0 Å². The highest BCUT2D eigenvalue weighted by Gasteiger charge is 2.28. The van der Waals surface area contributed by atoms with Crippen LogP contribution >= 0.6 is 11.3 Å². The Hall–Kier alpha value is -2.14. The molecule has 0 aliphatic heterocycles. The van der Waals surface area contributed by atoms with Gasteiger partial charge in [0.05, 0.1) is 5.56 Å². The van der Waals surface area contributed by atoms with Gasteiger partial charge in [-0.25, -0.2) is 0 Å². The summed E-state index contributed by atoms with van der Waals surface area (Å²) in [6.07, 6.45) is 4.04. The summed E-state index contributed by atoms with van der Waals surface area (Å²) in [4.78, 5) is 25.9. The van der Waals surface area contributed by atoms with Gasteiger partial charge in [0.1, 0.15) is 5.00 Å². The third-order valence-corrected chi connectivity index (χ3v) is 6.43. The van der Waals surface area contributed by atoms with Crippen molar-refractivity contribution in [1.29, 1.82) is 0 Å². The molecule has 0 bridgehead atoms. The molecule has 1 aromatic heterocycles. The summed E-state index contributed by atoms with van der Waals surface area (Å²) in [6, 6.07) is 7.60. The molecule has 1 heterocycles. The first-order chi connectivity index (χ1) is 12.4. The van der Waals surface area contributed by atoms with Crippen molar-refractivity contribution >= 4 is 28.2 Å². The van der Waals surface area contributed by atoms with Crippen LogP contribution < -0.4 is 11.1 Å². The van der Waals surface area contributed by atoms with Crippen LogP contribution in [0.1, 0.15) is 76.3 Å². The van der Waals surface area contributed by atoms with Gasteiger partial charge in [-0.15, -0.1) is 11.3 Å². The van der Waals surface area contributed by atoms with Crippen molar-refractivity contribution in [3.05, 3.63) is 51.4 Å². The second-order valence-corrected chi connectivity index (χ2v) is 8.43. The standard InChI is InChI=1S/C21H26N2O2S/c1-4-13-5-10-16-17(11-13)26-21(18(16)19(22)24)23-20(25)15-8-6-14(7-9-15)12(2)3/h6-9,12-13H,4-5,10-11H2,1-3H3,(H2,22,24)(H,23,25)/t13-/m0/s1. The lowest BCUT2D eigenvalue weighted by atomic mass is 9.85. The number of thiophene rings is 1. The molecule has 0 spiro atoms. The number of carbonyl (C=O) groups excluding carboxylic acids is 2. The van der Waals surface area contributed by atoms with E-state index < -0.39 is 5.91 Å². The zero-order chi connectivity index (χ0) is 18.8. The van der Waals surface area contributed by atoms with Gasteiger partial charge >= 0.3 is 0 Å². The van der Waals surface area contributed by atoms with E-state index in [1.54, 1.807) is 0 Å². The SMILES string of the molecule is CC[C@H]1CCc2c(sc(NC(=O)c3ccc(C(C)C)cc3)c2C(N)=O)C1. The fraction of sp³-hybridized carbons (Fsp3) is 0.429. The van der Waals surface area contributed by atoms with Crippen molar-refractivity contribution in [3.8, 4) is 0 Å². The number of nitrogens with one attached hydrogen (secondary N) is 1. The number of amides is 2. The minimum atomic E-state index is -0.456. The van der Waals surface area contributed by atoms with Crippen LogP contribution in [-0.4, -0.2) is 11.8 Å². The second-order valence-electron chi connectivity index (χ2n) is 7.32. The number of rotatable bonds is 5. The first-order valence-corrected chi connectivity index (χ1v) is 10.1. The molecule has 0 unspecified atom stereocenters. The Kier molecular flexibility index (Phi) is 5.47. The maximum absolute atomic E-state index is 12.6. The van der Waals surface area contributed by atoms with Gasteiger partial charge in [-0.1, -0.05) is 39.3 Å². The summed E-state index contributed by atoms with van der Waals surface area (Å²) >= 11 is 1.51. The molecular weight excluding hydrogens is 344 g/mol. The third kappa shape index (κ3) is 3.68. The van der Waals surface area contributed by atoms with E-state index in [4.69, 9.17) is 5.73 Å². The van der Waals surface area contributed by atoms with Crippen LogP contribution in [0.25, 0.3) is 0 Å². The lowest BCUT2D eigenvalue weighted by Gasteiger charge is -2.20. The Bertz CT molecular complexity index is 821. The Morgan fingerprint density at radius 1 is 1.27 bits per heavy atom.